The lowest BCUT2D eigenvalue weighted by molar-refractivity contribution is 0.0859. The molecule has 4 heteroatoms. The zero-order chi connectivity index (χ0) is 14.8. The van der Waals surface area contributed by atoms with E-state index in [1.807, 2.05) is 0 Å². The first-order valence-electron chi connectivity index (χ1n) is 7.28. The third kappa shape index (κ3) is 3.12. The summed E-state index contributed by atoms with van der Waals surface area (Å²) in [6, 6.07) is 5.00. The number of hydrogen-bond donors (Lipinski definition) is 3. The molecular formula is C16H24N2O2. The molecule has 4 N–H and O–H groups in total. The largest absolute Gasteiger partial charge is 0.508 e. The van der Waals surface area contributed by atoms with Crippen LogP contribution in [0, 0.1) is 12.8 Å². The zero-order valence-electron chi connectivity index (χ0n) is 12.3. The fraction of sp³-hybridized carbons (Fsp3) is 0.562. The van der Waals surface area contributed by atoms with Crippen LogP contribution in [0.1, 0.15) is 48.5 Å². The maximum Gasteiger partial charge on any atom is 0.251 e. The molecule has 0 aliphatic heterocycles. The van der Waals surface area contributed by atoms with E-state index in [-0.39, 0.29) is 17.2 Å². The van der Waals surface area contributed by atoms with Crippen molar-refractivity contribution in [2.24, 2.45) is 11.7 Å². The van der Waals surface area contributed by atoms with Gasteiger partial charge in [0.2, 0.25) is 0 Å². The number of benzene rings is 1. The molecule has 1 saturated carbocycles. The van der Waals surface area contributed by atoms with Crippen LogP contribution in [0.2, 0.25) is 0 Å². The van der Waals surface area contributed by atoms with Gasteiger partial charge in [-0.3, -0.25) is 4.79 Å². The number of carbonyl (C=O) groups excluding carboxylic acids is 1. The number of carbonyl (C=O) groups is 1. The van der Waals surface area contributed by atoms with Crippen LogP contribution in [-0.2, 0) is 0 Å². The van der Waals surface area contributed by atoms with Crippen LogP contribution in [0.5, 0.6) is 5.75 Å². The molecule has 20 heavy (non-hydrogen) atoms. The summed E-state index contributed by atoms with van der Waals surface area (Å²) in [5.74, 6) is 0.701. The molecule has 0 aromatic heterocycles. The highest BCUT2D eigenvalue weighted by Crippen LogP contribution is 2.31. The SMILES string of the molecule is Cc1ccc(C(=O)NC2(CN)CCC(C)CC2)cc1O. The zero-order valence-corrected chi connectivity index (χ0v) is 12.3. The van der Waals surface area contributed by atoms with Gasteiger partial charge in [-0.1, -0.05) is 13.0 Å². The molecule has 0 radical (unpaired) electrons. The molecule has 2 rings (SSSR count). The highest BCUT2D eigenvalue weighted by molar-refractivity contribution is 5.95. The minimum atomic E-state index is -0.288. The molecule has 1 aromatic rings. The second-order valence-electron chi connectivity index (χ2n) is 6.12. The van der Waals surface area contributed by atoms with Gasteiger partial charge < -0.3 is 16.2 Å². The lowest BCUT2D eigenvalue weighted by atomic mass is 9.77. The standard InChI is InChI=1S/C16H24N2O2/c1-11-5-7-16(10-17,8-6-11)18-15(20)13-4-3-12(2)14(19)9-13/h3-4,9,11,19H,5-8,10,17H2,1-2H3,(H,18,20). The van der Waals surface area contributed by atoms with Crippen molar-refractivity contribution >= 4 is 5.91 Å². The molecule has 1 aliphatic carbocycles. The Morgan fingerprint density at radius 2 is 2.10 bits per heavy atom. The summed E-state index contributed by atoms with van der Waals surface area (Å²) in [4.78, 5) is 12.3. The van der Waals surface area contributed by atoms with Gasteiger partial charge in [-0.25, -0.2) is 0 Å². The smallest absolute Gasteiger partial charge is 0.251 e. The molecule has 4 nitrogen and oxygen atoms in total. The van der Waals surface area contributed by atoms with Gasteiger partial charge in [-0.15, -0.1) is 0 Å². The van der Waals surface area contributed by atoms with Crippen molar-refractivity contribution in [2.45, 2.75) is 45.1 Å². The minimum Gasteiger partial charge on any atom is -0.508 e. The molecule has 0 saturated heterocycles. The molecule has 0 atom stereocenters. The lowest BCUT2D eigenvalue weighted by Gasteiger charge is -2.39. The maximum absolute atomic E-state index is 12.3. The van der Waals surface area contributed by atoms with Crippen LogP contribution in [0.4, 0.5) is 0 Å². The van der Waals surface area contributed by atoms with E-state index in [9.17, 15) is 9.90 Å². The van der Waals surface area contributed by atoms with Crippen LogP contribution < -0.4 is 11.1 Å². The average Bonchev–Trinajstić information content (AvgIpc) is 2.44. The van der Waals surface area contributed by atoms with E-state index in [0.29, 0.717) is 18.0 Å². The number of aromatic hydroxyl groups is 1. The molecule has 0 bridgehead atoms. The Bertz CT molecular complexity index is 491. The highest BCUT2D eigenvalue weighted by atomic mass is 16.3. The second-order valence-corrected chi connectivity index (χ2v) is 6.12. The first-order valence-corrected chi connectivity index (χ1v) is 7.28. The van der Waals surface area contributed by atoms with Crippen molar-refractivity contribution in [3.8, 4) is 5.75 Å². The number of amides is 1. The normalized spacial score (nSPS) is 26.2. The number of nitrogens with two attached hydrogens (primary N) is 1. The monoisotopic (exact) mass is 276 g/mol. The molecule has 0 spiro atoms. The summed E-state index contributed by atoms with van der Waals surface area (Å²) in [7, 11) is 0. The van der Waals surface area contributed by atoms with Crippen molar-refractivity contribution in [1.82, 2.24) is 5.32 Å². The predicted octanol–water partition coefficient (Wildman–Crippen LogP) is 2.34. The van der Waals surface area contributed by atoms with E-state index in [1.54, 1.807) is 19.1 Å². The van der Waals surface area contributed by atoms with Crippen LogP contribution in [0.3, 0.4) is 0 Å². The third-order valence-corrected chi connectivity index (χ3v) is 4.47. The Hall–Kier alpha value is -1.55. The molecule has 1 aromatic carbocycles. The summed E-state index contributed by atoms with van der Waals surface area (Å²) in [6.07, 6.45) is 4.04. The number of nitrogens with one attached hydrogen (secondary N) is 1. The topological polar surface area (TPSA) is 75.4 Å². The Morgan fingerprint density at radius 3 is 2.65 bits per heavy atom. The maximum atomic E-state index is 12.3. The molecule has 110 valence electrons. The van der Waals surface area contributed by atoms with Gasteiger partial charge in [0.05, 0.1) is 5.54 Å². The Balaban J connectivity index is 2.11. The summed E-state index contributed by atoms with van der Waals surface area (Å²) in [6.45, 7) is 4.50. The lowest BCUT2D eigenvalue weighted by Crippen LogP contribution is -2.55. The van der Waals surface area contributed by atoms with E-state index in [0.717, 1.165) is 31.2 Å². The van der Waals surface area contributed by atoms with Gasteiger partial charge in [-0.2, -0.15) is 0 Å². The number of rotatable bonds is 3. The number of hydrogen-bond acceptors (Lipinski definition) is 3. The summed E-state index contributed by atoms with van der Waals surface area (Å²) < 4.78 is 0. The van der Waals surface area contributed by atoms with Gasteiger partial charge in [0, 0.05) is 12.1 Å². The van der Waals surface area contributed by atoms with Crippen LogP contribution in [0.15, 0.2) is 18.2 Å². The number of phenolic OH excluding ortho intramolecular Hbond substituents is 1. The van der Waals surface area contributed by atoms with E-state index < -0.39 is 0 Å². The molecule has 0 unspecified atom stereocenters. The highest BCUT2D eigenvalue weighted by Gasteiger charge is 2.34. The molecule has 1 fully saturated rings. The van der Waals surface area contributed by atoms with Gasteiger partial charge in [-0.05, 0) is 56.2 Å². The van der Waals surface area contributed by atoms with Crippen molar-refractivity contribution in [3.63, 3.8) is 0 Å². The quantitative estimate of drug-likeness (QED) is 0.793. The molecule has 1 amide bonds. The third-order valence-electron chi connectivity index (χ3n) is 4.47. The number of phenols is 1. The molecule has 1 aliphatic rings. The second kappa shape index (κ2) is 5.83. The van der Waals surface area contributed by atoms with Crippen LogP contribution in [0.25, 0.3) is 0 Å². The Morgan fingerprint density at radius 1 is 1.45 bits per heavy atom. The van der Waals surface area contributed by atoms with Crippen LogP contribution >= 0.6 is 0 Å². The molecular weight excluding hydrogens is 252 g/mol. The minimum absolute atomic E-state index is 0.150. The Kier molecular flexibility index (Phi) is 4.33. The average molecular weight is 276 g/mol. The van der Waals surface area contributed by atoms with Crippen molar-refractivity contribution in [3.05, 3.63) is 29.3 Å². The first kappa shape index (κ1) is 14.9. The van der Waals surface area contributed by atoms with E-state index >= 15 is 0 Å². The predicted molar refractivity (Wildman–Crippen MR) is 79.7 cm³/mol. The van der Waals surface area contributed by atoms with Gasteiger partial charge in [0.15, 0.2) is 0 Å². The van der Waals surface area contributed by atoms with Gasteiger partial charge in [0.25, 0.3) is 5.91 Å². The van der Waals surface area contributed by atoms with E-state index in [1.165, 1.54) is 6.07 Å². The fourth-order valence-corrected chi connectivity index (χ4v) is 2.76. The summed E-state index contributed by atoms with van der Waals surface area (Å²) in [5, 5.41) is 12.8. The Labute approximate surface area is 120 Å². The fourth-order valence-electron chi connectivity index (χ4n) is 2.76. The van der Waals surface area contributed by atoms with E-state index in [2.05, 4.69) is 12.2 Å². The summed E-state index contributed by atoms with van der Waals surface area (Å²) in [5.41, 5.74) is 6.86. The van der Waals surface area contributed by atoms with E-state index in [4.69, 9.17) is 5.73 Å². The van der Waals surface area contributed by atoms with Crippen molar-refractivity contribution < 1.29 is 9.90 Å². The summed E-state index contributed by atoms with van der Waals surface area (Å²) >= 11 is 0. The van der Waals surface area contributed by atoms with Gasteiger partial charge in [0.1, 0.15) is 5.75 Å². The first-order chi connectivity index (χ1) is 9.46. The number of aryl methyl sites for hydroxylation is 1. The van der Waals surface area contributed by atoms with Crippen molar-refractivity contribution in [1.29, 1.82) is 0 Å². The van der Waals surface area contributed by atoms with Gasteiger partial charge >= 0.3 is 0 Å². The van der Waals surface area contributed by atoms with Crippen LogP contribution in [-0.4, -0.2) is 23.1 Å². The van der Waals surface area contributed by atoms with Crippen molar-refractivity contribution in [2.75, 3.05) is 6.54 Å². The molecule has 0 heterocycles.